The Hall–Kier alpha value is -1.40. The van der Waals surface area contributed by atoms with Crippen molar-refractivity contribution in [3.63, 3.8) is 0 Å². The first kappa shape index (κ1) is 15.0. The quantitative estimate of drug-likeness (QED) is 0.795. The van der Waals surface area contributed by atoms with Gasteiger partial charge >= 0.3 is 11.8 Å². The maximum atomic E-state index is 12.1. The van der Waals surface area contributed by atoms with E-state index in [0.717, 1.165) is 4.47 Å². The molecule has 6 heteroatoms. The van der Waals surface area contributed by atoms with E-state index in [9.17, 15) is 9.59 Å². The van der Waals surface area contributed by atoms with Crippen LogP contribution in [0.5, 0.6) is 0 Å². The minimum Gasteiger partial charge on any atom is -0.372 e. The van der Waals surface area contributed by atoms with Crippen LogP contribution in [0.25, 0.3) is 0 Å². The summed E-state index contributed by atoms with van der Waals surface area (Å²) in [7, 11) is 0. The van der Waals surface area contributed by atoms with Gasteiger partial charge in [-0.15, -0.1) is 0 Å². The molecule has 0 aromatic heterocycles. The predicted octanol–water partition coefficient (Wildman–Crippen LogP) is 2.02. The average Bonchev–Trinajstić information content (AvgIpc) is 2.39. The summed E-state index contributed by atoms with van der Waals surface area (Å²) in [6, 6.07) is 7.08. The van der Waals surface area contributed by atoms with Crippen molar-refractivity contribution in [2.45, 2.75) is 26.1 Å². The van der Waals surface area contributed by atoms with Crippen molar-refractivity contribution < 1.29 is 14.3 Å². The van der Waals surface area contributed by atoms with E-state index in [1.165, 1.54) is 4.90 Å². The van der Waals surface area contributed by atoms with Crippen LogP contribution in [-0.2, 0) is 14.3 Å². The Kier molecular flexibility index (Phi) is 4.77. The van der Waals surface area contributed by atoms with Crippen molar-refractivity contribution >= 4 is 33.4 Å². The monoisotopic (exact) mass is 340 g/mol. The number of carbonyl (C=O) groups excluding carboxylic acids is 2. The van der Waals surface area contributed by atoms with E-state index in [2.05, 4.69) is 21.2 Å². The van der Waals surface area contributed by atoms with Gasteiger partial charge in [0, 0.05) is 23.2 Å². The minimum absolute atomic E-state index is 0.0526. The zero-order valence-corrected chi connectivity index (χ0v) is 13.0. The van der Waals surface area contributed by atoms with E-state index < -0.39 is 11.8 Å². The van der Waals surface area contributed by atoms with E-state index in [1.54, 1.807) is 24.3 Å². The molecule has 2 amide bonds. The number of halogens is 1. The molecule has 2 unspecified atom stereocenters. The van der Waals surface area contributed by atoms with Crippen LogP contribution < -0.4 is 5.32 Å². The highest BCUT2D eigenvalue weighted by Crippen LogP contribution is 2.15. The largest absolute Gasteiger partial charge is 0.372 e. The second-order valence-corrected chi connectivity index (χ2v) is 5.84. The molecule has 2 atom stereocenters. The Labute approximate surface area is 126 Å². The molecule has 0 saturated carbocycles. The molecular weight excluding hydrogens is 324 g/mol. The lowest BCUT2D eigenvalue weighted by atomic mass is 10.2. The van der Waals surface area contributed by atoms with Crippen LogP contribution in [0, 0.1) is 0 Å². The summed E-state index contributed by atoms with van der Waals surface area (Å²) < 4.78 is 6.46. The van der Waals surface area contributed by atoms with Crippen LogP contribution in [0.3, 0.4) is 0 Å². The summed E-state index contributed by atoms with van der Waals surface area (Å²) in [6.07, 6.45) is -0.105. The number of amides is 2. The number of hydrogen-bond donors (Lipinski definition) is 1. The van der Waals surface area contributed by atoms with Gasteiger partial charge in [-0.3, -0.25) is 9.59 Å². The van der Waals surface area contributed by atoms with E-state index in [4.69, 9.17) is 4.74 Å². The molecule has 1 aliphatic heterocycles. The van der Waals surface area contributed by atoms with E-state index in [-0.39, 0.29) is 12.2 Å². The molecule has 0 bridgehead atoms. The van der Waals surface area contributed by atoms with Crippen molar-refractivity contribution in [1.82, 2.24) is 4.90 Å². The fourth-order valence-corrected chi connectivity index (χ4v) is 2.47. The summed E-state index contributed by atoms with van der Waals surface area (Å²) >= 11 is 3.31. The number of ether oxygens (including phenoxy) is 1. The molecule has 20 heavy (non-hydrogen) atoms. The molecule has 1 fully saturated rings. The maximum absolute atomic E-state index is 12.1. The number of hydrogen-bond acceptors (Lipinski definition) is 3. The van der Waals surface area contributed by atoms with Crippen LogP contribution in [0.1, 0.15) is 13.8 Å². The summed E-state index contributed by atoms with van der Waals surface area (Å²) in [5.74, 6) is -1.14. The van der Waals surface area contributed by atoms with Crippen LogP contribution in [-0.4, -0.2) is 42.0 Å². The van der Waals surface area contributed by atoms with Gasteiger partial charge in [0.15, 0.2) is 0 Å². The molecule has 5 nitrogen and oxygen atoms in total. The van der Waals surface area contributed by atoms with Crippen molar-refractivity contribution in [2.24, 2.45) is 0 Å². The van der Waals surface area contributed by atoms with E-state index in [0.29, 0.717) is 18.8 Å². The fourth-order valence-electron chi connectivity index (χ4n) is 2.21. The maximum Gasteiger partial charge on any atom is 0.313 e. The number of morpholine rings is 1. The molecule has 2 rings (SSSR count). The third-order valence-corrected chi connectivity index (χ3v) is 3.53. The van der Waals surface area contributed by atoms with Crippen LogP contribution >= 0.6 is 15.9 Å². The van der Waals surface area contributed by atoms with E-state index >= 15 is 0 Å². The van der Waals surface area contributed by atoms with Gasteiger partial charge in [0.25, 0.3) is 0 Å². The number of nitrogens with one attached hydrogen (secondary N) is 1. The standard InChI is InChI=1S/C14H17BrN2O3/c1-9-7-17(8-10(2)20-9)14(19)13(18)16-12-5-3-11(15)4-6-12/h3-6,9-10H,7-8H2,1-2H3,(H,16,18). The smallest absolute Gasteiger partial charge is 0.313 e. The number of benzene rings is 1. The van der Waals surface area contributed by atoms with Gasteiger partial charge in [0.05, 0.1) is 12.2 Å². The third kappa shape index (κ3) is 3.80. The SMILES string of the molecule is CC1CN(C(=O)C(=O)Nc2ccc(Br)cc2)CC(C)O1. The first-order valence-corrected chi connectivity index (χ1v) is 7.26. The Morgan fingerprint density at radius 2 is 1.75 bits per heavy atom. The van der Waals surface area contributed by atoms with Gasteiger partial charge in [0.1, 0.15) is 0 Å². The highest BCUT2D eigenvalue weighted by atomic mass is 79.9. The second-order valence-electron chi connectivity index (χ2n) is 4.93. The van der Waals surface area contributed by atoms with Crippen molar-refractivity contribution in [1.29, 1.82) is 0 Å². The van der Waals surface area contributed by atoms with Gasteiger partial charge in [-0.25, -0.2) is 0 Å². The van der Waals surface area contributed by atoms with Crippen molar-refractivity contribution in [2.75, 3.05) is 18.4 Å². The minimum atomic E-state index is -0.617. The molecule has 0 radical (unpaired) electrons. The molecule has 1 saturated heterocycles. The summed E-state index contributed by atoms with van der Waals surface area (Å²) in [6.45, 7) is 4.67. The molecule has 0 spiro atoms. The van der Waals surface area contributed by atoms with Crippen LogP contribution in [0.4, 0.5) is 5.69 Å². The Morgan fingerprint density at radius 1 is 1.20 bits per heavy atom. The van der Waals surface area contributed by atoms with Gasteiger partial charge < -0.3 is 15.0 Å². The third-order valence-electron chi connectivity index (χ3n) is 3.00. The molecule has 1 aromatic carbocycles. The molecule has 1 heterocycles. The average molecular weight is 341 g/mol. The number of nitrogens with zero attached hydrogens (tertiary/aromatic N) is 1. The molecular formula is C14H17BrN2O3. The normalized spacial score (nSPS) is 22.4. The molecule has 1 aliphatic rings. The molecule has 1 aromatic rings. The molecule has 1 N–H and O–H groups in total. The first-order chi connectivity index (χ1) is 9.45. The van der Waals surface area contributed by atoms with Gasteiger partial charge in [-0.2, -0.15) is 0 Å². The Bertz CT molecular complexity index is 494. The Morgan fingerprint density at radius 3 is 2.30 bits per heavy atom. The fraction of sp³-hybridized carbons (Fsp3) is 0.429. The van der Waals surface area contributed by atoms with Crippen LogP contribution in [0.15, 0.2) is 28.7 Å². The summed E-state index contributed by atoms with van der Waals surface area (Å²) in [5.41, 5.74) is 0.598. The van der Waals surface area contributed by atoms with Crippen molar-refractivity contribution in [3.05, 3.63) is 28.7 Å². The topological polar surface area (TPSA) is 58.6 Å². The highest BCUT2D eigenvalue weighted by molar-refractivity contribution is 9.10. The van der Waals surface area contributed by atoms with Crippen LogP contribution in [0.2, 0.25) is 0 Å². The van der Waals surface area contributed by atoms with Gasteiger partial charge in [-0.05, 0) is 38.1 Å². The number of rotatable bonds is 1. The Balaban J connectivity index is 1.98. The lowest BCUT2D eigenvalue weighted by Crippen LogP contribution is -2.51. The number of anilines is 1. The highest BCUT2D eigenvalue weighted by Gasteiger charge is 2.29. The second kappa shape index (κ2) is 6.37. The first-order valence-electron chi connectivity index (χ1n) is 6.47. The molecule has 108 valence electrons. The predicted molar refractivity (Wildman–Crippen MR) is 79.4 cm³/mol. The number of carbonyl (C=O) groups is 2. The molecule has 0 aliphatic carbocycles. The zero-order valence-electron chi connectivity index (χ0n) is 11.4. The summed E-state index contributed by atoms with van der Waals surface area (Å²) in [4.78, 5) is 25.6. The lowest BCUT2D eigenvalue weighted by molar-refractivity contribution is -0.151. The van der Waals surface area contributed by atoms with Crippen molar-refractivity contribution in [3.8, 4) is 0 Å². The van der Waals surface area contributed by atoms with Gasteiger partial charge in [0.2, 0.25) is 0 Å². The summed E-state index contributed by atoms with van der Waals surface area (Å²) in [5, 5.41) is 2.60. The zero-order chi connectivity index (χ0) is 14.7. The van der Waals surface area contributed by atoms with Gasteiger partial charge in [-0.1, -0.05) is 15.9 Å². The lowest BCUT2D eigenvalue weighted by Gasteiger charge is -2.34. The van der Waals surface area contributed by atoms with E-state index in [1.807, 2.05) is 13.8 Å².